The standard InChI is InChI=1S/C20H14N2O/c23-22-18-14-8-7-13-17(18)19(21-16-11-5-2-6-12-16)20(22)15-9-3-1-4-10-15/h1-14H. The smallest absolute Gasteiger partial charge is 0.251 e. The minimum Gasteiger partial charge on any atom is -0.618 e. The second kappa shape index (κ2) is 5.54. The molecule has 0 amide bonds. The maximum absolute atomic E-state index is 12.8. The lowest BCUT2D eigenvalue weighted by molar-refractivity contribution is -0.355. The van der Waals surface area contributed by atoms with Gasteiger partial charge in [-0.3, -0.25) is 0 Å². The fourth-order valence-corrected chi connectivity index (χ4v) is 2.79. The number of hydrogen-bond donors (Lipinski definition) is 0. The molecule has 0 spiro atoms. The van der Waals surface area contributed by atoms with Crippen molar-refractivity contribution < 1.29 is 4.74 Å². The fraction of sp³-hybridized carbons (Fsp3) is 0. The minimum atomic E-state index is 0.593. The molecule has 0 bridgehead atoms. The van der Waals surface area contributed by atoms with Crippen molar-refractivity contribution in [2.45, 2.75) is 0 Å². The molecule has 3 aromatic carbocycles. The Morgan fingerprint density at radius 1 is 0.696 bits per heavy atom. The Bertz CT molecular complexity index is 913. The molecule has 110 valence electrons. The van der Waals surface area contributed by atoms with Crippen molar-refractivity contribution in [2.75, 3.05) is 0 Å². The number of benzene rings is 3. The van der Waals surface area contributed by atoms with Crippen molar-refractivity contribution in [3.8, 4) is 0 Å². The number of aliphatic imine (C=N–C) groups is 1. The van der Waals surface area contributed by atoms with Gasteiger partial charge in [-0.1, -0.05) is 48.5 Å². The van der Waals surface area contributed by atoms with E-state index in [1.165, 1.54) is 0 Å². The number of nitrogens with zero attached hydrogens (tertiary/aromatic N) is 2. The van der Waals surface area contributed by atoms with Crippen LogP contribution in [0.3, 0.4) is 0 Å². The Kier molecular flexibility index (Phi) is 3.24. The average molecular weight is 298 g/mol. The Balaban J connectivity index is 1.96. The quantitative estimate of drug-likeness (QED) is 0.509. The summed E-state index contributed by atoms with van der Waals surface area (Å²) in [5.41, 5.74) is 4.52. The van der Waals surface area contributed by atoms with E-state index in [-0.39, 0.29) is 0 Å². The van der Waals surface area contributed by atoms with Crippen LogP contribution in [0.15, 0.2) is 89.9 Å². The van der Waals surface area contributed by atoms with Gasteiger partial charge in [-0.15, -0.1) is 0 Å². The second-order valence-corrected chi connectivity index (χ2v) is 5.32. The fourth-order valence-electron chi connectivity index (χ4n) is 2.79. The molecule has 1 aliphatic rings. The van der Waals surface area contributed by atoms with Gasteiger partial charge < -0.3 is 5.21 Å². The highest BCUT2D eigenvalue weighted by atomic mass is 16.5. The van der Waals surface area contributed by atoms with Crippen molar-refractivity contribution in [1.29, 1.82) is 0 Å². The van der Waals surface area contributed by atoms with Crippen LogP contribution in [0.5, 0.6) is 0 Å². The van der Waals surface area contributed by atoms with Gasteiger partial charge in [0.2, 0.25) is 5.69 Å². The third kappa shape index (κ3) is 2.32. The largest absolute Gasteiger partial charge is 0.618 e. The Morgan fingerprint density at radius 2 is 1.30 bits per heavy atom. The predicted octanol–water partition coefficient (Wildman–Crippen LogP) is 4.45. The summed E-state index contributed by atoms with van der Waals surface area (Å²) in [4.78, 5) is 4.75. The van der Waals surface area contributed by atoms with Gasteiger partial charge in [0.05, 0.1) is 11.3 Å². The number of rotatable bonds is 2. The zero-order valence-corrected chi connectivity index (χ0v) is 12.4. The van der Waals surface area contributed by atoms with Crippen LogP contribution >= 0.6 is 0 Å². The summed E-state index contributed by atoms with van der Waals surface area (Å²) in [5, 5.41) is 12.8. The summed E-state index contributed by atoms with van der Waals surface area (Å²) < 4.78 is 0.979. The Hall–Kier alpha value is -3.20. The third-order valence-corrected chi connectivity index (χ3v) is 3.85. The number of fused-ring (bicyclic) bond motifs is 1. The van der Waals surface area contributed by atoms with E-state index < -0.39 is 0 Å². The number of hydrogen-bond acceptors (Lipinski definition) is 2. The molecule has 0 saturated carbocycles. The van der Waals surface area contributed by atoms with Gasteiger partial charge in [-0.25, -0.2) is 4.99 Å². The Morgan fingerprint density at radius 3 is 2.04 bits per heavy atom. The highest BCUT2D eigenvalue weighted by Gasteiger charge is 2.34. The van der Waals surface area contributed by atoms with E-state index in [0.29, 0.717) is 17.1 Å². The maximum Gasteiger partial charge on any atom is 0.251 e. The monoisotopic (exact) mass is 298 g/mol. The van der Waals surface area contributed by atoms with Gasteiger partial charge in [-0.2, -0.15) is 4.74 Å². The van der Waals surface area contributed by atoms with Crippen molar-refractivity contribution in [3.63, 3.8) is 0 Å². The minimum absolute atomic E-state index is 0.593. The molecule has 0 N–H and O–H groups in total. The van der Waals surface area contributed by atoms with Crippen molar-refractivity contribution >= 4 is 22.8 Å². The lowest BCUT2D eigenvalue weighted by atomic mass is 10.0. The molecule has 0 atom stereocenters. The van der Waals surface area contributed by atoms with Crippen molar-refractivity contribution in [1.82, 2.24) is 0 Å². The van der Waals surface area contributed by atoms with Gasteiger partial charge in [-0.05, 0) is 30.3 Å². The highest BCUT2D eigenvalue weighted by Crippen LogP contribution is 2.30. The van der Waals surface area contributed by atoms with E-state index >= 15 is 0 Å². The van der Waals surface area contributed by atoms with E-state index in [0.717, 1.165) is 21.6 Å². The van der Waals surface area contributed by atoms with E-state index in [1.54, 1.807) is 0 Å². The molecule has 23 heavy (non-hydrogen) atoms. The predicted molar refractivity (Wildman–Crippen MR) is 92.9 cm³/mol. The second-order valence-electron chi connectivity index (χ2n) is 5.32. The van der Waals surface area contributed by atoms with Crippen LogP contribution in [-0.2, 0) is 0 Å². The zero-order chi connectivity index (χ0) is 15.6. The first-order valence-corrected chi connectivity index (χ1v) is 7.48. The van der Waals surface area contributed by atoms with Gasteiger partial charge in [0.15, 0.2) is 5.71 Å². The summed E-state index contributed by atoms with van der Waals surface area (Å²) in [5.74, 6) is 0. The molecule has 0 aromatic heterocycles. The van der Waals surface area contributed by atoms with Gasteiger partial charge in [0.1, 0.15) is 0 Å². The van der Waals surface area contributed by atoms with Crippen LogP contribution in [0.4, 0.5) is 11.4 Å². The van der Waals surface area contributed by atoms with Crippen molar-refractivity contribution in [3.05, 3.63) is 101 Å². The zero-order valence-electron chi connectivity index (χ0n) is 12.4. The molecule has 1 heterocycles. The normalized spacial score (nSPS) is 15.0. The summed E-state index contributed by atoms with van der Waals surface area (Å²) >= 11 is 0. The van der Waals surface area contributed by atoms with Crippen LogP contribution in [0.1, 0.15) is 11.1 Å². The van der Waals surface area contributed by atoms with E-state index in [4.69, 9.17) is 4.99 Å². The summed E-state index contributed by atoms with van der Waals surface area (Å²) in [6.45, 7) is 0. The molecule has 3 nitrogen and oxygen atoms in total. The van der Waals surface area contributed by atoms with Crippen LogP contribution < -0.4 is 0 Å². The molecule has 0 unspecified atom stereocenters. The SMILES string of the molecule is [O-][N+]1=C(c2ccccc2)C(=Nc2ccccc2)c2ccccc21. The molecule has 4 rings (SSSR count). The molecule has 3 heteroatoms. The van der Waals surface area contributed by atoms with Crippen LogP contribution in [0.25, 0.3) is 0 Å². The van der Waals surface area contributed by atoms with Gasteiger partial charge in [0.25, 0.3) is 5.71 Å². The van der Waals surface area contributed by atoms with E-state index in [2.05, 4.69) is 0 Å². The van der Waals surface area contributed by atoms with E-state index in [9.17, 15) is 5.21 Å². The Labute approximate surface area is 134 Å². The summed E-state index contributed by atoms with van der Waals surface area (Å²) in [7, 11) is 0. The summed E-state index contributed by atoms with van der Waals surface area (Å²) in [6.07, 6.45) is 0. The number of para-hydroxylation sites is 2. The van der Waals surface area contributed by atoms with Crippen LogP contribution in [0, 0.1) is 5.21 Å². The van der Waals surface area contributed by atoms with Crippen LogP contribution in [0.2, 0.25) is 0 Å². The van der Waals surface area contributed by atoms with Crippen LogP contribution in [-0.4, -0.2) is 16.2 Å². The van der Waals surface area contributed by atoms with Crippen molar-refractivity contribution in [2.24, 2.45) is 4.99 Å². The summed E-state index contributed by atoms with van der Waals surface area (Å²) in [6, 6.07) is 27.0. The molecule has 0 radical (unpaired) electrons. The van der Waals surface area contributed by atoms with E-state index in [1.807, 2.05) is 84.9 Å². The first-order valence-electron chi connectivity index (χ1n) is 7.48. The lowest BCUT2D eigenvalue weighted by Gasteiger charge is -2.03. The molecule has 1 aliphatic heterocycles. The first kappa shape index (κ1) is 13.5. The highest BCUT2D eigenvalue weighted by molar-refractivity contribution is 6.54. The maximum atomic E-state index is 12.8. The van der Waals surface area contributed by atoms with Gasteiger partial charge >= 0.3 is 0 Å². The first-order chi connectivity index (χ1) is 11.3. The molecule has 0 aliphatic carbocycles. The third-order valence-electron chi connectivity index (χ3n) is 3.85. The van der Waals surface area contributed by atoms with Gasteiger partial charge in [0, 0.05) is 11.6 Å². The molecule has 0 fully saturated rings. The molecular formula is C20H14N2O. The lowest BCUT2D eigenvalue weighted by Crippen LogP contribution is -2.17. The molecule has 3 aromatic rings. The molecule has 0 saturated heterocycles. The topological polar surface area (TPSA) is 38.4 Å². The molecular weight excluding hydrogens is 284 g/mol. The average Bonchev–Trinajstić information content (AvgIpc) is 2.89.